The zero-order chi connectivity index (χ0) is 9.80. The summed E-state index contributed by atoms with van der Waals surface area (Å²) in [5.41, 5.74) is 7.73. The molecule has 0 spiro atoms. The van der Waals surface area contributed by atoms with Gasteiger partial charge < -0.3 is 11.1 Å². The third-order valence-electron chi connectivity index (χ3n) is 2.76. The maximum Gasteiger partial charge on any atom is 0.0573 e. The van der Waals surface area contributed by atoms with Gasteiger partial charge in [-0.1, -0.05) is 25.0 Å². The highest BCUT2D eigenvalue weighted by molar-refractivity contribution is 5.65. The van der Waals surface area contributed by atoms with E-state index in [1.165, 1.54) is 25.7 Å². The molecule has 0 unspecified atom stereocenters. The maximum atomic E-state index is 5.81. The standard InChI is InChI=1S/C12H18N2/c13-11-5-1-2-6-12(11)14-9-3-4-10-7-8-10/h1-2,5-6,10,14H,3-4,7-9,13H2. The summed E-state index contributed by atoms with van der Waals surface area (Å²) in [6.07, 6.45) is 5.54. The molecule has 0 aromatic heterocycles. The first kappa shape index (κ1) is 9.38. The average molecular weight is 190 g/mol. The first-order valence-corrected chi connectivity index (χ1v) is 5.44. The zero-order valence-electron chi connectivity index (χ0n) is 8.50. The normalized spacial score (nSPS) is 15.4. The number of nitrogen functional groups attached to an aromatic ring is 1. The fourth-order valence-corrected chi connectivity index (χ4v) is 1.68. The lowest BCUT2D eigenvalue weighted by Crippen LogP contribution is -2.04. The predicted molar refractivity (Wildman–Crippen MR) is 61.3 cm³/mol. The van der Waals surface area contributed by atoms with Gasteiger partial charge in [0.05, 0.1) is 11.4 Å². The van der Waals surface area contributed by atoms with Crippen LogP contribution in [0.5, 0.6) is 0 Å². The summed E-state index contributed by atoms with van der Waals surface area (Å²) >= 11 is 0. The molecule has 0 saturated heterocycles. The molecule has 0 amide bonds. The van der Waals surface area contributed by atoms with Gasteiger partial charge in [0.15, 0.2) is 0 Å². The molecule has 1 aromatic carbocycles. The molecule has 1 aliphatic rings. The minimum atomic E-state index is 0.846. The lowest BCUT2D eigenvalue weighted by molar-refractivity contribution is 0.687. The first-order valence-electron chi connectivity index (χ1n) is 5.44. The summed E-state index contributed by atoms with van der Waals surface area (Å²) in [4.78, 5) is 0. The second-order valence-electron chi connectivity index (χ2n) is 4.10. The minimum Gasteiger partial charge on any atom is -0.397 e. The smallest absolute Gasteiger partial charge is 0.0573 e. The molecular formula is C12H18N2. The van der Waals surface area contributed by atoms with Gasteiger partial charge in [-0.15, -0.1) is 0 Å². The number of hydrogen-bond donors (Lipinski definition) is 2. The first-order chi connectivity index (χ1) is 6.86. The van der Waals surface area contributed by atoms with Crippen molar-refractivity contribution >= 4 is 11.4 Å². The van der Waals surface area contributed by atoms with E-state index in [1.54, 1.807) is 0 Å². The van der Waals surface area contributed by atoms with Gasteiger partial charge in [-0.25, -0.2) is 0 Å². The average Bonchev–Trinajstić information content (AvgIpc) is 2.99. The second-order valence-corrected chi connectivity index (χ2v) is 4.10. The Bertz CT molecular complexity index is 292. The largest absolute Gasteiger partial charge is 0.397 e. The Balaban J connectivity index is 1.71. The molecule has 0 aliphatic heterocycles. The molecular weight excluding hydrogens is 172 g/mol. The Morgan fingerprint density at radius 2 is 2.07 bits per heavy atom. The van der Waals surface area contributed by atoms with Crippen LogP contribution in [0, 0.1) is 5.92 Å². The van der Waals surface area contributed by atoms with E-state index in [4.69, 9.17) is 5.73 Å². The monoisotopic (exact) mass is 190 g/mol. The van der Waals surface area contributed by atoms with E-state index >= 15 is 0 Å². The highest BCUT2D eigenvalue weighted by atomic mass is 14.9. The number of hydrogen-bond acceptors (Lipinski definition) is 2. The van der Waals surface area contributed by atoms with Crippen LogP contribution in [0.4, 0.5) is 11.4 Å². The Kier molecular flexibility index (Phi) is 2.92. The van der Waals surface area contributed by atoms with Crippen molar-refractivity contribution in [1.29, 1.82) is 0 Å². The molecule has 76 valence electrons. The molecule has 1 aromatic rings. The summed E-state index contributed by atoms with van der Waals surface area (Å²) < 4.78 is 0. The van der Waals surface area contributed by atoms with Crippen LogP contribution < -0.4 is 11.1 Å². The third-order valence-corrected chi connectivity index (χ3v) is 2.76. The fraction of sp³-hybridized carbons (Fsp3) is 0.500. The Labute approximate surface area is 85.5 Å². The topological polar surface area (TPSA) is 38.0 Å². The van der Waals surface area contributed by atoms with E-state index in [9.17, 15) is 0 Å². The minimum absolute atomic E-state index is 0.846. The maximum absolute atomic E-state index is 5.81. The predicted octanol–water partition coefficient (Wildman–Crippen LogP) is 2.87. The highest BCUT2D eigenvalue weighted by Gasteiger charge is 2.19. The van der Waals surface area contributed by atoms with Crippen molar-refractivity contribution in [2.45, 2.75) is 25.7 Å². The number of benzene rings is 1. The molecule has 2 nitrogen and oxygen atoms in total. The number of nitrogens with one attached hydrogen (secondary N) is 1. The van der Waals surface area contributed by atoms with E-state index in [2.05, 4.69) is 5.32 Å². The van der Waals surface area contributed by atoms with Gasteiger partial charge in [0, 0.05) is 6.54 Å². The molecule has 0 bridgehead atoms. The van der Waals surface area contributed by atoms with Gasteiger partial charge in [0.2, 0.25) is 0 Å². The quantitative estimate of drug-likeness (QED) is 0.553. The summed E-state index contributed by atoms with van der Waals surface area (Å²) in [7, 11) is 0. The highest BCUT2D eigenvalue weighted by Crippen LogP contribution is 2.33. The van der Waals surface area contributed by atoms with Crippen LogP contribution in [0.1, 0.15) is 25.7 Å². The number of nitrogens with two attached hydrogens (primary N) is 1. The molecule has 2 heteroatoms. The Hall–Kier alpha value is -1.18. The molecule has 1 saturated carbocycles. The Morgan fingerprint density at radius 3 is 2.79 bits per heavy atom. The van der Waals surface area contributed by atoms with E-state index < -0.39 is 0 Å². The van der Waals surface area contributed by atoms with Crippen LogP contribution in [0.3, 0.4) is 0 Å². The summed E-state index contributed by atoms with van der Waals surface area (Å²) in [6.45, 7) is 1.05. The lowest BCUT2D eigenvalue weighted by Gasteiger charge is -2.08. The Morgan fingerprint density at radius 1 is 1.29 bits per heavy atom. The van der Waals surface area contributed by atoms with Crippen LogP contribution in [-0.2, 0) is 0 Å². The van der Waals surface area contributed by atoms with E-state index in [0.717, 1.165) is 23.8 Å². The summed E-state index contributed by atoms with van der Waals surface area (Å²) in [5.74, 6) is 1.03. The third kappa shape index (κ3) is 2.66. The number of para-hydroxylation sites is 2. The van der Waals surface area contributed by atoms with Gasteiger partial charge in [-0.3, -0.25) is 0 Å². The molecule has 3 N–H and O–H groups in total. The van der Waals surface area contributed by atoms with Crippen molar-refractivity contribution in [3.63, 3.8) is 0 Å². The van der Waals surface area contributed by atoms with Gasteiger partial charge in [-0.2, -0.15) is 0 Å². The van der Waals surface area contributed by atoms with Crippen molar-refractivity contribution < 1.29 is 0 Å². The van der Waals surface area contributed by atoms with Crippen LogP contribution in [0.15, 0.2) is 24.3 Å². The SMILES string of the molecule is Nc1ccccc1NCCCC1CC1. The van der Waals surface area contributed by atoms with Gasteiger partial charge in [0.1, 0.15) is 0 Å². The van der Waals surface area contributed by atoms with Crippen LogP contribution in [0.2, 0.25) is 0 Å². The van der Waals surface area contributed by atoms with Crippen molar-refractivity contribution in [2.24, 2.45) is 5.92 Å². The molecule has 1 fully saturated rings. The van der Waals surface area contributed by atoms with E-state index in [1.807, 2.05) is 24.3 Å². The zero-order valence-corrected chi connectivity index (χ0v) is 8.50. The molecule has 0 atom stereocenters. The summed E-state index contributed by atoms with van der Waals surface area (Å²) in [6, 6.07) is 7.94. The molecule has 1 aliphatic carbocycles. The van der Waals surface area contributed by atoms with Crippen molar-refractivity contribution in [3.05, 3.63) is 24.3 Å². The van der Waals surface area contributed by atoms with Gasteiger partial charge in [0.25, 0.3) is 0 Å². The van der Waals surface area contributed by atoms with E-state index in [0.29, 0.717) is 0 Å². The van der Waals surface area contributed by atoms with Crippen molar-refractivity contribution in [1.82, 2.24) is 0 Å². The van der Waals surface area contributed by atoms with Crippen molar-refractivity contribution in [3.8, 4) is 0 Å². The van der Waals surface area contributed by atoms with Gasteiger partial charge >= 0.3 is 0 Å². The van der Waals surface area contributed by atoms with Crippen LogP contribution in [-0.4, -0.2) is 6.54 Å². The van der Waals surface area contributed by atoms with Crippen LogP contribution >= 0.6 is 0 Å². The van der Waals surface area contributed by atoms with E-state index in [-0.39, 0.29) is 0 Å². The molecule has 2 rings (SSSR count). The number of anilines is 2. The summed E-state index contributed by atoms with van der Waals surface area (Å²) in [5, 5.41) is 3.37. The molecule has 14 heavy (non-hydrogen) atoms. The lowest BCUT2D eigenvalue weighted by atomic mass is 10.2. The number of rotatable bonds is 5. The molecule has 0 radical (unpaired) electrons. The van der Waals surface area contributed by atoms with Crippen molar-refractivity contribution in [2.75, 3.05) is 17.6 Å². The van der Waals surface area contributed by atoms with Gasteiger partial charge in [-0.05, 0) is 30.9 Å². The molecule has 0 heterocycles. The van der Waals surface area contributed by atoms with Crippen LogP contribution in [0.25, 0.3) is 0 Å². The second kappa shape index (κ2) is 4.36. The fourth-order valence-electron chi connectivity index (χ4n) is 1.68.